The van der Waals surface area contributed by atoms with Crippen molar-refractivity contribution in [2.75, 3.05) is 0 Å². The molecule has 1 amide bonds. The number of amides is 1. The first-order valence-electron chi connectivity index (χ1n) is 6.62. The molecule has 1 atom stereocenters. The third kappa shape index (κ3) is 3.10. The number of aromatic carboxylic acids is 1. The molecule has 0 spiro atoms. The summed E-state index contributed by atoms with van der Waals surface area (Å²) >= 11 is 0. The van der Waals surface area contributed by atoms with Gasteiger partial charge in [0.05, 0.1) is 11.6 Å². The molecule has 2 rings (SSSR count). The van der Waals surface area contributed by atoms with Crippen LogP contribution in [0.25, 0.3) is 0 Å². The zero-order chi connectivity index (χ0) is 14.9. The van der Waals surface area contributed by atoms with Gasteiger partial charge in [0.25, 0.3) is 0 Å². The Morgan fingerprint density at radius 1 is 1.35 bits per heavy atom. The van der Waals surface area contributed by atoms with Crippen molar-refractivity contribution in [1.82, 2.24) is 5.32 Å². The maximum atomic E-state index is 11.8. The normalized spacial score (nSPS) is 17.4. The highest BCUT2D eigenvalue weighted by molar-refractivity contribution is 5.90. The van der Waals surface area contributed by atoms with E-state index in [2.05, 4.69) is 5.32 Å². The smallest absolute Gasteiger partial charge is 0.408 e. The van der Waals surface area contributed by atoms with Crippen molar-refractivity contribution in [2.24, 2.45) is 0 Å². The molecule has 2 N–H and O–H groups in total. The third-order valence-corrected chi connectivity index (χ3v) is 3.17. The number of carbonyl (C=O) groups is 2. The molecule has 5 nitrogen and oxygen atoms in total. The Bertz CT molecular complexity index is 545. The summed E-state index contributed by atoms with van der Waals surface area (Å²) in [7, 11) is 0. The van der Waals surface area contributed by atoms with Crippen LogP contribution in [0.5, 0.6) is 0 Å². The van der Waals surface area contributed by atoms with Crippen LogP contribution >= 0.6 is 0 Å². The second-order valence-corrected chi connectivity index (χ2v) is 5.92. The Hall–Kier alpha value is -2.04. The number of nitrogens with one attached hydrogen (secondary N) is 1. The van der Waals surface area contributed by atoms with Crippen molar-refractivity contribution in [3.05, 3.63) is 34.9 Å². The van der Waals surface area contributed by atoms with Crippen LogP contribution in [0.4, 0.5) is 4.79 Å². The van der Waals surface area contributed by atoms with Crippen LogP contribution in [0, 0.1) is 0 Å². The van der Waals surface area contributed by atoms with E-state index in [4.69, 9.17) is 4.74 Å². The first kappa shape index (κ1) is 14.4. The molecule has 5 heteroatoms. The van der Waals surface area contributed by atoms with Gasteiger partial charge in [0.15, 0.2) is 0 Å². The Kier molecular flexibility index (Phi) is 3.70. The molecule has 0 bridgehead atoms. The highest BCUT2D eigenvalue weighted by Gasteiger charge is 2.30. The van der Waals surface area contributed by atoms with Crippen molar-refractivity contribution in [2.45, 2.75) is 45.3 Å². The summed E-state index contributed by atoms with van der Waals surface area (Å²) in [6.07, 6.45) is 0.936. The average Bonchev–Trinajstić information content (AvgIpc) is 2.69. The molecule has 0 aliphatic heterocycles. The number of carboxylic acids is 1. The van der Waals surface area contributed by atoms with Gasteiger partial charge in [0, 0.05) is 0 Å². The molecule has 20 heavy (non-hydrogen) atoms. The fraction of sp³-hybridized carbons (Fsp3) is 0.467. The second kappa shape index (κ2) is 5.15. The molecular formula is C15H19NO4. The lowest BCUT2D eigenvalue weighted by Gasteiger charge is -2.22. The van der Waals surface area contributed by atoms with Crippen LogP contribution in [0.1, 0.15) is 54.7 Å². The largest absolute Gasteiger partial charge is 0.478 e. The Morgan fingerprint density at radius 3 is 2.65 bits per heavy atom. The highest BCUT2D eigenvalue weighted by Crippen LogP contribution is 2.34. The predicted molar refractivity (Wildman–Crippen MR) is 73.8 cm³/mol. The topological polar surface area (TPSA) is 75.6 Å². The van der Waals surface area contributed by atoms with Crippen LogP contribution in [0.3, 0.4) is 0 Å². The van der Waals surface area contributed by atoms with Crippen molar-refractivity contribution in [3.63, 3.8) is 0 Å². The van der Waals surface area contributed by atoms with Gasteiger partial charge < -0.3 is 15.2 Å². The first-order valence-corrected chi connectivity index (χ1v) is 6.62. The van der Waals surface area contributed by atoms with E-state index in [9.17, 15) is 14.7 Å². The van der Waals surface area contributed by atoms with E-state index < -0.39 is 17.7 Å². The van der Waals surface area contributed by atoms with E-state index in [0.29, 0.717) is 12.0 Å². The monoisotopic (exact) mass is 277 g/mol. The predicted octanol–water partition coefficient (Wildman–Crippen LogP) is 2.90. The molecular weight excluding hydrogens is 258 g/mol. The lowest BCUT2D eigenvalue weighted by Crippen LogP contribution is -2.34. The van der Waals surface area contributed by atoms with E-state index in [1.807, 2.05) is 6.07 Å². The Balaban J connectivity index is 2.19. The zero-order valence-electron chi connectivity index (χ0n) is 11.9. The maximum Gasteiger partial charge on any atom is 0.408 e. The molecule has 0 unspecified atom stereocenters. The number of fused-ring (bicyclic) bond motifs is 1. The number of rotatable bonds is 2. The van der Waals surface area contributed by atoms with Gasteiger partial charge >= 0.3 is 12.1 Å². The molecule has 0 saturated carbocycles. The maximum absolute atomic E-state index is 11.8. The second-order valence-electron chi connectivity index (χ2n) is 5.92. The van der Waals surface area contributed by atoms with Crippen molar-refractivity contribution in [3.8, 4) is 0 Å². The number of alkyl carbamates (subject to hydrolysis) is 1. The van der Waals surface area contributed by atoms with E-state index in [-0.39, 0.29) is 11.6 Å². The van der Waals surface area contributed by atoms with E-state index >= 15 is 0 Å². The molecule has 1 aliphatic rings. The molecule has 1 aromatic carbocycles. The minimum Gasteiger partial charge on any atom is -0.478 e. The fourth-order valence-electron chi connectivity index (χ4n) is 2.47. The van der Waals surface area contributed by atoms with Crippen molar-refractivity contribution in [1.29, 1.82) is 0 Å². The molecule has 108 valence electrons. The van der Waals surface area contributed by atoms with Gasteiger partial charge in [0.2, 0.25) is 0 Å². The summed E-state index contributed by atoms with van der Waals surface area (Å²) in [5.74, 6) is -0.972. The minimum atomic E-state index is -0.972. The number of aryl methyl sites for hydroxylation is 1. The number of carbonyl (C=O) groups excluding carboxylic acids is 1. The fourth-order valence-corrected chi connectivity index (χ4v) is 2.47. The van der Waals surface area contributed by atoms with Gasteiger partial charge in [-0.15, -0.1) is 0 Å². The summed E-state index contributed by atoms with van der Waals surface area (Å²) in [4.78, 5) is 23.1. The summed E-state index contributed by atoms with van der Waals surface area (Å²) in [6.45, 7) is 5.37. The lowest BCUT2D eigenvalue weighted by molar-refractivity contribution is 0.0500. The molecule has 0 aromatic heterocycles. The van der Waals surface area contributed by atoms with Crippen LogP contribution in [-0.2, 0) is 11.2 Å². The van der Waals surface area contributed by atoms with E-state index in [1.54, 1.807) is 32.9 Å². The van der Waals surface area contributed by atoms with Gasteiger partial charge in [-0.05, 0) is 50.8 Å². The standard InChI is InChI=1S/C15H19NO4/c1-15(2,3)20-14(19)16-11-8-7-9-5-4-6-10(12(9)11)13(17)18/h4-6,11H,7-8H2,1-3H3,(H,16,19)(H,17,18)/t11-/m0/s1. The number of carboxylic acid groups (broad SMARTS) is 1. The molecule has 0 saturated heterocycles. The van der Waals surface area contributed by atoms with Gasteiger partial charge in [-0.2, -0.15) is 0 Å². The number of benzene rings is 1. The van der Waals surface area contributed by atoms with Crippen molar-refractivity contribution < 1.29 is 19.4 Å². The summed E-state index contributed by atoms with van der Waals surface area (Å²) in [5.41, 5.74) is 1.36. The van der Waals surface area contributed by atoms with Crippen molar-refractivity contribution >= 4 is 12.1 Å². The van der Waals surface area contributed by atoms with Gasteiger partial charge in [-0.3, -0.25) is 0 Å². The molecule has 0 radical (unpaired) electrons. The number of ether oxygens (including phenoxy) is 1. The van der Waals surface area contributed by atoms with E-state index in [1.165, 1.54) is 0 Å². The third-order valence-electron chi connectivity index (χ3n) is 3.17. The molecule has 1 aromatic rings. The number of hydrogen-bond donors (Lipinski definition) is 2. The van der Waals surface area contributed by atoms with Crippen LogP contribution in [0.15, 0.2) is 18.2 Å². The summed E-state index contributed by atoms with van der Waals surface area (Å²) in [6, 6.07) is 4.90. The van der Waals surface area contributed by atoms with Gasteiger partial charge in [0.1, 0.15) is 5.60 Å². The summed E-state index contributed by atoms with van der Waals surface area (Å²) < 4.78 is 5.22. The quantitative estimate of drug-likeness (QED) is 0.871. The average molecular weight is 277 g/mol. The minimum absolute atomic E-state index is 0.251. The zero-order valence-corrected chi connectivity index (χ0v) is 11.9. The first-order chi connectivity index (χ1) is 9.28. The Labute approximate surface area is 117 Å². The van der Waals surface area contributed by atoms with Gasteiger partial charge in [-0.25, -0.2) is 9.59 Å². The molecule has 1 aliphatic carbocycles. The van der Waals surface area contributed by atoms with Crippen LogP contribution in [-0.4, -0.2) is 22.8 Å². The van der Waals surface area contributed by atoms with Crippen LogP contribution < -0.4 is 5.32 Å². The SMILES string of the molecule is CC(C)(C)OC(=O)N[C@H]1CCc2cccc(C(=O)O)c21. The van der Waals surface area contributed by atoms with Crippen LogP contribution in [0.2, 0.25) is 0 Å². The lowest BCUT2D eigenvalue weighted by atomic mass is 10.0. The highest BCUT2D eigenvalue weighted by atomic mass is 16.6. The summed E-state index contributed by atoms with van der Waals surface area (Å²) in [5, 5.41) is 12.0. The number of hydrogen-bond acceptors (Lipinski definition) is 3. The Morgan fingerprint density at radius 2 is 2.05 bits per heavy atom. The molecule has 0 heterocycles. The molecule has 0 fully saturated rings. The van der Waals surface area contributed by atoms with E-state index in [0.717, 1.165) is 12.0 Å². The van der Waals surface area contributed by atoms with Gasteiger partial charge in [-0.1, -0.05) is 12.1 Å².